The predicted molar refractivity (Wildman–Crippen MR) is 104 cm³/mol. The first-order valence-corrected chi connectivity index (χ1v) is 10.1. The van der Waals surface area contributed by atoms with Gasteiger partial charge in [-0.2, -0.15) is 0 Å². The summed E-state index contributed by atoms with van der Waals surface area (Å²) in [4.78, 5) is 1.91. The fourth-order valence-corrected chi connectivity index (χ4v) is 3.41. The molecule has 1 heterocycles. The minimum Gasteiger partial charge on any atom is -0.389 e. The number of rotatable bonds is 10. The van der Waals surface area contributed by atoms with Crippen LogP contribution in [0.25, 0.3) is 0 Å². The summed E-state index contributed by atoms with van der Waals surface area (Å²) in [6.45, 7) is 4.82. The van der Waals surface area contributed by atoms with Gasteiger partial charge in [0.25, 0.3) is 0 Å². The molecule has 0 spiro atoms. The summed E-state index contributed by atoms with van der Waals surface area (Å²) >= 11 is 0. The van der Waals surface area contributed by atoms with Crippen LogP contribution in [0.4, 0.5) is 0 Å². The maximum atomic E-state index is 9.86. The summed E-state index contributed by atoms with van der Waals surface area (Å²) in [5, 5.41) is 39.1. The van der Waals surface area contributed by atoms with E-state index in [4.69, 9.17) is 4.74 Å². The van der Waals surface area contributed by atoms with Gasteiger partial charge in [-0.1, -0.05) is 44.0 Å². The second-order valence-corrected chi connectivity index (χ2v) is 7.51. The number of nitrogens with zero attached hydrogens (tertiary/aromatic N) is 1. The molecule has 1 aromatic carbocycles. The molecule has 2 rings (SSSR count). The minimum atomic E-state index is -1.29. The molecule has 27 heavy (non-hydrogen) atoms. The lowest BCUT2D eigenvalue weighted by Gasteiger charge is -2.23. The van der Waals surface area contributed by atoms with Crippen molar-refractivity contribution in [2.75, 3.05) is 26.2 Å². The van der Waals surface area contributed by atoms with Crippen molar-refractivity contribution in [3.05, 3.63) is 35.4 Å². The largest absolute Gasteiger partial charge is 0.389 e. The van der Waals surface area contributed by atoms with Crippen molar-refractivity contribution < 1.29 is 25.2 Å². The lowest BCUT2D eigenvalue weighted by molar-refractivity contribution is -0.0894. The molecule has 4 N–H and O–H groups in total. The van der Waals surface area contributed by atoms with E-state index >= 15 is 0 Å². The van der Waals surface area contributed by atoms with Crippen LogP contribution in [0.1, 0.15) is 43.7 Å². The molecule has 1 aromatic rings. The Balaban J connectivity index is 1.52. The van der Waals surface area contributed by atoms with Crippen LogP contribution in [0.15, 0.2) is 24.3 Å². The maximum absolute atomic E-state index is 9.86. The van der Waals surface area contributed by atoms with Crippen LogP contribution in [0.3, 0.4) is 0 Å². The third kappa shape index (κ3) is 7.49. The van der Waals surface area contributed by atoms with Gasteiger partial charge in [0.2, 0.25) is 0 Å². The number of aliphatic hydroxyl groups excluding tert-OH is 4. The zero-order valence-electron chi connectivity index (χ0n) is 16.3. The molecule has 4 atom stereocenters. The summed E-state index contributed by atoms with van der Waals surface area (Å²) in [7, 11) is 0. The molecule has 0 bridgehead atoms. The molecular weight excluding hydrogens is 346 g/mol. The van der Waals surface area contributed by atoms with E-state index in [1.807, 2.05) is 4.90 Å². The topological polar surface area (TPSA) is 93.4 Å². The van der Waals surface area contributed by atoms with Crippen LogP contribution in [0, 0.1) is 0 Å². The predicted octanol–water partition coefficient (Wildman–Crippen LogP) is 1.09. The van der Waals surface area contributed by atoms with Crippen molar-refractivity contribution in [2.45, 2.75) is 70.1 Å². The molecular formula is C21H35NO5. The Bertz CT molecular complexity index is 508. The van der Waals surface area contributed by atoms with Crippen LogP contribution in [-0.2, 0) is 17.8 Å². The molecule has 0 radical (unpaired) electrons. The monoisotopic (exact) mass is 381 g/mol. The van der Waals surface area contributed by atoms with Crippen LogP contribution < -0.4 is 0 Å². The molecule has 1 fully saturated rings. The highest BCUT2D eigenvalue weighted by Crippen LogP contribution is 2.14. The number of ether oxygens (including phenoxy) is 1. The average Bonchev–Trinajstić information content (AvgIpc) is 2.76. The number of aliphatic hydroxyl groups is 4. The highest BCUT2D eigenvalue weighted by Gasteiger charge is 2.35. The van der Waals surface area contributed by atoms with Gasteiger partial charge in [-0.3, -0.25) is 4.90 Å². The highest BCUT2D eigenvalue weighted by molar-refractivity contribution is 5.21. The van der Waals surface area contributed by atoms with Gasteiger partial charge in [-0.25, -0.2) is 0 Å². The van der Waals surface area contributed by atoms with E-state index in [-0.39, 0.29) is 13.1 Å². The lowest BCUT2D eigenvalue weighted by Crippen LogP contribution is -2.43. The third-order valence-electron chi connectivity index (χ3n) is 5.24. The Morgan fingerprint density at radius 1 is 0.852 bits per heavy atom. The van der Waals surface area contributed by atoms with Crippen molar-refractivity contribution in [1.29, 1.82) is 0 Å². The first kappa shape index (κ1) is 22.3. The highest BCUT2D eigenvalue weighted by atomic mass is 16.5. The summed E-state index contributed by atoms with van der Waals surface area (Å²) in [6.07, 6.45) is 0.480. The summed E-state index contributed by atoms with van der Waals surface area (Å²) < 4.78 is 5.73. The quantitative estimate of drug-likeness (QED) is 0.453. The molecule has 154 valence electrons. The van der Waals surface area contributed by atoms with Crippen LogP contribution in [-0.4, -0.2) is 76.0 Å². The first-order valence-electron chi connectivity index (χ1n) is 10.1. The summed E-state index contributed by atoms with van der Waals surface area (Å²) in [5.41, 5.74) is 2.54. The van der Waals surface area contributed by atoms with Crippen molar-refractivity contribution in [1.82, 2.24) is 4.90 Å². The van der Waals surface area contributed by atoms with E-state index < -0.39 is 24.4 Å². The number of β-amino-alcohol motifs (C(OH)–C–C–N with tert-alkyl or cyclic N) is 2. The molecule has 0 aromatic heterocycles. The number of unbranched alkanes of at least 4 members (excludes halogenated alkanes) is 3. The van der Waals surface area contributed by atoms with Gasteiger partial charge < -0.3 is 25.2 Å². The van der Waals surface area contributed by atoms with Gasteiger partial charge in [-0.15, -0.1) is 0 Å². The molecule has 0 amide bonds. The Kier molecular flexibility index (Phi) is 9.68. The van der Waals surface area contributed by atoms with Gasteiger partial charge in [0, 0.05) is 19.7 Å². The SMILES string of the molecule is CCc1ccc(COCCCCCCN2C[C@H](O)[C@@H](O)[C@H](O)[C@@H](O)C2)cc1. The Morgan fingerprint density at radius 2 is 1.41 bits per heavy atom. The van der Waals surface area contributed by atoms with Crippen molar-refractivity contribution in [3.63, 3.8) is 0 Å². The van der Waals surface area contributed by atoms with Gasteiger partial charge in [0.05, 0.1) is 18.8 Å². The van der Waals surface area contributed by atoms with Crippen molar-refractivity contribution >= 4 is 0 Å². The Labute approximate surface area is 162 Å². The number of benzene rings is 1. The van der Waals surface area contributed by atoms with E-state index in [0.29, 0.717) is 6.61 Å². The van der Waals surface area contributed by atoms with E-state index in [1.54, 1.807) is 0 Å². The first-order chi connectivity index (χ1) is 13.0. The normalized spacial score (nSPS) is 26.9. The standard InChI is InChI=1S/C21H35NO5/c1-2-16-7-9-17(10-8-16)15-27-12-6-4-3-5-11-22-13-18(23)20(25)21(26)19(24)14-22/h7-10,18-21,23-26H,2-6,11-15H2,1H3/t18-,19-,20+,21+/m0/s1. The second-order valence-electron chi connectivity index (χ2n) is 7.51. The van der Waals surface area contributed by atoms with Crippen molar-refractivity contribution in [2.24, 2.45) is 0 Å². The average molecular weight is 382 g/mol. The number of hydrogen-bond acceptors (Lipinski definition) is 6. The van der Waals surface area contributed by atoms with Crippen LogP contribution >= 0.6 is 0 Å². The van der Waals surface area contributed by atoms with Gasteiger partial charge in [-0.05, 0) is 36.9 Å². The van der Waals surface area contributed by atoms with Crippen molar-refractivity contribution in [3.8, 4) is 0 Å². The molecule has 0 aliphatic carbocycles. The number of aryl methyl sites for hydroxylation is 1. The Hall–Kier alpha value is -1.02. The minimum absolute atomic E-state index is 0.273. The van der Waals surface area contributed by atoms with E-state index in [1.165, 1.54) is 11.1 Å². The fraction of sp³-hybridized carbons (Fsp3) is 0.714. The van der Waals surface area contributed by atoms with Gasteiger partial charge in [0.1, 0.15) is 12.2 Å². The molecule has 6 nitrogen and oxygen atoms in total. The van der Waals surface area contributed by atoms with E-state index in [9.17, 15) is 20.4 Å². The number of hydrogen-bond donors (Lipinski definition) is 4. The molecule has 1 aliphatic rings. The molecule has 1 saturated heterocycles. The molecule has 0 saturated carbocycles. The van der Waals surface area contributed by atoms with Gasteiger partial charge in [0.15, 0.2) is 0 Å². The van der Waals surface area contributed by atoms with Crippen LogP contribution in [0.5, 0.6) is 0 Å². The Morgan fingerprint density at radius 3 is 2.00 bits per heavy atom. The maximum Gasteiger partial charge on any atom is 0.110 e. The smallest absolute Gasteiger partial charge is 0.110 e. The summed E-state index contributed by atoms with van der Waals surface area (Å²) in [6, 6.07) is 8.54. The zero-order chi connectivity index (χ0) is 19.6. The lowest BCUT2D eigenvalue weighted by atomic mass is 10.1. The van der Waals surface area contributed by atoms with Gasteiger partial charge >= 0.3 is 0 Å². The van der Waals surface area contributed by atoms with E-state index in [0.717, 1.165) is 45.3 Å². The van der Waals surface area contributed by atoms with E-state index in [2.05, 4.69) is 31.2 Å². The molecule has 0 unspecified atom stereocenters. The zero-order valence-corrected chi connectivity index (χ0v) is 16.3. The second kappa shape index (κ2) is 11.7. The third-order valence-corrected chi connectivity index (χ3v) is 5.24. The molecule has 6 heteroatoms. The number of likely N-dealkylation sites (tertiary alicyclic amines) is 1. The summed E-state index contributed by atoms with van der Waals surface area (Å²) in [5.74, 6) is 0. The van der Waals surface area contributed by atoms with Crippen LogP contribution in [0.2, 0.25) is 0 Å². The fourth-order valence-electron chi connectivity index (χ4n) is 3.41. The molecule has 1 aliphatic heterocycles.